The van der Waals surface area contributed by atoms with Gasteiger partial charge in [0.15, 0.2) is 0 Å². The van der Waals surface area contributed by atoms with E-state index in [-0.39, 0.29) is 17.3 Å². The second-order valence-electron chi connectivity index (χ2n) is 9.28. The van der Waals surface area contributed by atoms with E-state index in [1.54, 1.807) is 62.4 Å². The molecular formula is C29H34ClN3O4S. The highest BCUT2D eigenvalue weighted by atomic mass is 35.5. The molecule has 0 aliphatic rings. The lowest BCUT2D eigenvalue weighted by molar-refractivity contribution is -0.139. The van der Waals surface area contributed by atoms with Crippen LogP contribution in [0, 0.1) is 20.8 Å². The van der Waals surface area contributed by atoms with Gasteiger partial charge in [-0.05, 0) is 81.6 Å². The monoisotopic (exact) mass is 555 g/mol. The van der Waals surface area contributed by atoms with Crippen LogP contribution in [-0.2, 0) is 26.2 Å². The number of halogens is 1. The van der Waals surface area contributed by atoms with Crippen molar-refractivity contribution in [2.75, 3.05) is 17.4 Å². The van der Waals surface area contributed by atoms with Crippen LogP contribution in [0.25, 0.3) is 0 Å². The van der Waals surface area contributed by atoms with E-state index in [1.807, 2.05) is 26.8 Å². The first kappa shape index (κ1) is 29.2. The number of rotatable bonds is 10. The van der Waals surface area contributed by atoms with E-state index in [1.165, 1.54) is 17.0 Å². The van der Waals surface area contributed by atoms with E-state index in [0.717, 1.165) is 21.0 Å². The summed E-state index contributed by atoms with van der Waals surface area (Å²) in [5.41, 5.74) is 3.82. The predicted octanol–water partition coefficient (Wildman–Crippen LogP) is 5.01. The third kappa shape index (κ3) is 6.74. The summed E-state index contributed by atoms with van der Waals surface area (Å²) in [6.07, 6.45) is 0. The van der Waals surface area contributed by atoms with Gasteiger partial charge < -0.3 is 10.2 Å². The first-order valence-corrected chi connectivity index (χ1v) is 14.2. The van der Waals surface area contributed by atoms with Crippen LogP contribution < -0.4 is 9.62 Å². The quantitative estimate of drug-likeness (QED) is 0.381. The maximum Gasteiger partial charge on any atom is 0.264 e. The number of aryl methyl sites for hydroxylation is 3. The molecule has 38 heavy (non-hydrogen) atoms. The third-order valence-corrected chi connectivity index (χ3v) is 8.64. The van der Waals surface area contributed by atoms with Gasteiger partial charge in [-0.1, -0.05) is 53.6 Å². The minimum absolute atomic E-state index is 0.0438. The molecule has 0 saturated carbocycles. The van der Waals surface area contributed by atoms with Gasteiger partial charge in [-0.3, -0.25) is 13.9 Å². The highest BCUT2D eigenvalue weighted by Crippen LogP contribution is 2.27. The Morgan fingerprint density at radius 3 is 2.21 bits per heavy atom. The van der Waals surface area contributed by atoms with Crippen LogP contribution in [0.2, 0.25) is 5.02 Å². The lowest BCUT2D eigenvalue weighted by Gasteiger charge is -2.32. The SMILES string of the molecule is CCNC(=O)[C@H](C)N(Cc1ccccc1Cl)C(=O)CN(c1ccc(C)c(C)c1)S(=O)(=O)c1ccc(C)cc1. The molecule has 3 rings (SSSR count). The van der Waals surface area contributed by atoms with Crippen LogP contribution in [0.4, 0.5) is 5.69 Å². The topological polar surface area (TPSA) is 86.8 Å². The molecular weight excluding hydrogens is 522 g/mol. The molecule has 3 aromatic rings. The van der Waals surface area contributed by atoms with Crippen LogP contribution in [0.5, 0.6) is 0 Å². The summed E-state index contributed by atoms with van der Waals surface area (Å²) in [6.45, 7) is 9.05. The molecule has 0 bridgehead atoms. The average Bonchev–Trinajstić information content (AvgIpc) is 2.88. The lowest BCUT2D eigenvalue weighted by Crippen LogP contribution is -2.51. The molecule has 0 spiro atoms. The zero-order chi connectivity index (χ0) is 28.0. The number of carbonyl (C=O) groups is 2. The highest BCUT2D eigenvalue weighted by molar-refractivity contribution is 7.92. The number of benzene rings is 3. The maximum atomic E-state index is 13.9. The Bertz CT molecular complexity index is 1410. The van der Waals surface area contributed by atoms with Gasteiger partial charge in [0, 0.05) is 18.1 Å². The largest absolute Gasteiger partial charge is 0.355 e. The fraction of sp³-hybridized carbons (Fsp3) is 0.310. The van der Waals surface area contributed by atoms with E-state index < -0.39 is 28.5 Å². The number of hydrogen-bond acceptors (Lipinski definition) is 4. The van der Waals surface area contributed by atoms with Gasteiger partial charge >= 0.3 is 0 Å². The van der Waals surface area contributed by atoms with Crippen molar-refractivity contribution in [2.24, 2.45) is 0 Å². The summed E-state index contributed by atoms with van der Waals surface area (Å²) in [5, 5.41) is 3.19. The van der Waals surface area contributed by atoms with Crippen molar-refractivity contribution in [1.29, 1.82) is 0 Å². The Labute approximate surface area is 230 Å². The van der Waals surface area contributed by atoms with Gasteiger partial charge in [-0.25, -0.2) is 8.42 Å². The first-order valence-electron chi connectivity index (χ1n) is 12.4. The first-order chi connectivity index (χ1) is 17.9. The second-order valence-corrected chi connectivity index (χ2v) is 11.5. The molecule has 1 atom stereocenters. The van der Waals surface area contributed by atoms with Gasteiger partial charge in [0.2, 0.25) is 11.8 Å². The van der Waals surface area contributed by atoms with Crippen LogP contribution >= 0.6 is 11.6 Å². The molecule has 0 aliphatic carbocycles. The van der Waals surface area contributed by atoms with Crippen LogP contribution in [-0.4, -0.2) is 44.3 Å². The molecule has 0 aromatic heterocycles. The zero-order valence-corrected chi connectivity index (χ0v) is 23.9. The number of amides is 2. The van der Waals surface area contributed by atoms with Gasteiger partial charge in [-0.15, -0.1) is 0 Å². The Balaban J connectivity index is 2.07. The normalized spacial score (nSPS) is 12.1. The van der Waals surface area contributed by atoms with Crippen LogP contribution in [0.15, 0.2) is 71.6 Å². The molecule has 0 radical (unpaired) electrons. The van der Waals surface area contributed by atoms with Gasteiger partial charge in [-0.2, -0.15) is 0 Å². The number of hydrogen-bond donors (Lipinski definition) is 1. The summed E-state index contributed by atoms with van der Waals surface area (Å²) >= 11 is 6.37. The predicted molar refractivity (Wildman–Crippen MR) is 152 cm³/mol. The zero-order valence-electron chi connectivity index (χ0n) is 22.4. The Hall–Kier alpha value is -3.36. The maximum absolute atomic E-state index is 13.9. The summed E-state index contributed by atoms with van der Waals surface area (Å²) in [4.78, 5) is 28.1. The molecule has 0 heterocycles. The van der Waals surface area contributed by atoms with E-state index in [2.05, 4.69) is 5.32 Å². The minimum atomic E-state index is -4.11. The molecule has 0 unspecified atom stereocenters. The number of nitrogens with one attached hydrogen (secondary N) is 1. The fourth-order valence-electron chi connectivity index (χ4n) is 3.96. The molecule has 0 aliphatic heterocycles. The molecule has 0 fully saturated rings. The standard InChI is InChI=1S/C29H34ClN3O4S/c1-6-31-29(35)23(5)32(18-24-9-7-8-10-27(24)30)28(34)19-33(25-14-13-21(3)22(4)17-25)38(36,37)26-15-11-20(2)12-16-26/h7-17,23H,6,18-19H2,1-5H3,(H,31,35)/t23-/m0/s1. The molecule has 9 heteroatoms. The number of likely N-dealkylation sites (N-methyl/N-ethyl adjacent to an activating group) is 1. The van der Waals surface area contributed by atoms with Crippen molar-refractivity contribution in [3.63, 3.8) is 0 Å². The summed E-state index contributed by atoms with van der Waals surface area (Å²) < 4.78 is 28.9. The van der Waals surface area contributed by atoms with Crippen molar-refractivity contribution in [3.8, 4) is 0 Å². The number of sulfonamides is 1. The minimum Gasteiger partial charge on any atom is -0.355 e. The van der Waals surface area contributed by atoms with E-state index in [4.69, 9.17) is 11.6 Å². The van der Waals surface area contributed by atoms with Crippen molar-refractivity contribution in [1.82, 2.24) is 10.2 Å². The summed E-state index contributed by atoms with van der Waals surface area (Å²) in [7, 11) is -4.11. The molecule has 0 saturated heterocycles. The smallest absolute Gasteiger partial charge is 0.264 e. The fourth-order valence-corrected chi connectivity index (χ4v) is 5.56. The average molecular weight is 556 g/mol. The Kier molecular flexibility index (Phi) is 9.57. The highest BCUT2D eigenvalue weighted by Gasteiger charge is 2.32. The van der Waals surface area contributed by atoms with Gasteiger partial charge in [0.25, 0.3) is 10.0 Å². The van der Waals surface area contributed by atoms with E-state index >= 15 is 0 Å². The molecule has 2 amide bonds. The van der Waals surface area contributed by atoms with Gasteiger partial charge in [0.05, 0.1) is 10.6 Å². The van der Waals surface area contributed by atoms with E-state index in [0.29, 0.717) is 22.8 Å². The second kappa shape index (κ2) is 12.5. The molecule has 1 N–H and O–H groups in total. The van der Waals surface area contributed by atoms with Crippen LogP contribution in [0.1, 0.15) is 36.1 Å². The number of carbonyl (C=O) groups excluding carboxylic acids is 2. The number of nitrogens with zero attached hydrogens (tertiary/aromatic N) is 2. The van der Waals surface area contributed by atoms with E-state index in [9.17, 15) is 18.0 Å². The summed E-state index contributed by atoms with van der Waals surface area (Å²) in [6, 6.07) is 18.0. The Morgan fingerprint density at radius 1 is 0.947 bits per heavy atom. The lowest BCUT2D eigenvalue weighted by atomic mass is 10.1. The van der Waals surface area contributed by atoms with Crippen LogP contribution in [0.3, 0.4) is 0 Å². The third-order valence-electron chi connectivity index (χ3n) is 6.48. The van der Waals surface area contributed by atoms with Crippen molar-refractivity contribution in [2.45, 2.75) is 52.1 Å². The van der Waals surface area contributed by atoms with Gasteiger partial charge in [0.1, 0.15) is 12.6 Å². The molecule has 3 aromatic carbocycles. The number of anilines is 1. The molecule has 7 nitrogen and oxygen atoms in total. The van der Waals surface area contributed by atoms with Crippen molar-refractivity contribution in [3.05, 3.63) is 94.0 Å². The van der Waals surface area contributed by atoms with Crippen molar-refractivity contribution >= 4 is 39.1 Å². The Morgan fingerprint density at radius 2 is 1.61 bits per heavy atom. The molecule has 202 valence electrons. The summed E-state index contributed by atoms with van der Waals surface area (Å²) in [5.74, 6) is -0.871. The van der Waals surface area contributed by atoms with Crippen molar-refractivity contribution < 1.29 is 18.0 Å².